The van der Waals surface area contributed by atoms with Gasteiger partial charge in [-0.3, -0.25) is 9.92 Å². The van der Waals surface area contributed by atoms with Crippen LogP contribution in [-0.4, -0.2) is 49.8 Å². The number of alkyl halides is 2. The monoisotopic (exact) mass is 394 g/mol. The molecule has 0 aromatic carbocycles. The fourth-order valence-corrected chi connectivity index (χ4v) is 2.63. The number of hydrogen-bond donors (Lipinski definition) is 4. The quantitative estimate of drug-likeness (QED) is 0.275. The predicted molar refractivity (Wildman–Crippen MR) is 81.3 cm³/mol. The van der Waals surface area contributed by atoms with E-state index in [1.165, 1.54) is 6.92 Å². The Morgan fingerprint density at radius 3 is 2.13 bits per heavy atom. The van der Waals surface area contributed by atoms with Crippen LogP contribution < -0.4 is 20.7 Å². The first-order chi connectivity index (χ1) is 10.8. The van der Waals surface area contributed by atoms with Crippen LogP contribution in [0.5, 0.6) is 0 Å². The fraction of sp³-hybridized carbons (Fsp3) is 0.667. The summed E-state index contributed by atoms with van der Waals surface area (Å²) in [6.45, 7) is 1.48. The van der Waals surface area contributed by atoms with E-state index in [4.69, 9.17) is 27.9 Å². The number of carbonyl (C=O) groups excluding carboxylic acids is 3. The van der Waals surface area contributed by atoms with Crippen LogP contribution in [-0.2, 0) is 18.9 Å². The third-order valence-electron chi connectivity index (χ3n) is 1.84. The van der Waals surface area contributed by atoms with E-state index in [9.17, 15) is 18.9 Å². The van der Waals surface area contributed by atoms with E-state index >= 15 is 0 Å². The van der Waals surface area contributed by atoms with Gasteiger partial charge >= 0.3 is 25.8 Å². The second-order valence-corrected chi connectivity index (χ2v) is 6.14. The van der Waals surface area contributed by atoms with Gasteiger partial charge in [0.1, 0.15) is 6.10 Å². The molecule has 0 heterocycles. The van der Waals surface area contributed by atoms with Crippen molar-refractivity contribution in [2.75, 3.05) is 25.5 Å². The Kier molecular flexibility index (Phi) is 10.5. The Bertz CT molecular complexity index is 439. The number of nitrogens with one attached hydrogen (secondary N) is 4. The number of hydroxylamine groups is 1. The van der Waals surface area contributed by atoms with E-state index < -0.39 is 31.9 Å². The Hall–Kier alpha value is -1.42. The fourth-order valence-electron chi connectivity index (χ4n) is 1.04. The largest absolute Gasteiger partial charge is 0.450 e. The van der Waals surface area contributed by atoms with Gasteiger partial charge in [-0.2, -0.15) is 0 Å². The minimum absolute atomic E-state index is 0.0267. The number of rotatable bonds is 8. The van der Waals surface area contributed by atoms with Crippen molar-refractivity contribution in [1.82, 2.24) is 20.7 Å². The summed E-state index contributed by atoms with van der Waals surface area (Å²) in [7, 11) is -3.18. The summed E-state index contributed by atoms with van der Waals surface area (Å²) in [4.78, 5) is 38.7. The smallest absolute Gasteiger partial charge is 0.415 e. The summed E-state index contributed by atoms with van der Waals surface area (Å²) < 4.78 is 21.7. The zero-order valence-corrected chi connectivity index (χ0v) is 14.7. The standard InChI is InChI=1S/C9H17Cl2N4O7P/c1-3-21-8(17)14-23(19,13-7(16)12-20-2)15-9(18)22-6(4-10)5-11/h6H,3-5H2,1-2H3,(H4,12,13,14,15,16,17,18,19)/t23-/m0/s1. The van der Waals surface area contributed by atoms with Gasteiger partial charge in [-0.05, 0) is 6.92 Å². The molecule has 11 nitrogen and oxygen atoms in total. The van der Waals surface area contributed by atoms with Gasteiger partial charge in [0, 0.05) is 0 Å². The summed E-state index contributed by atoms with van der Waals surface area (Å²) in [6.07, 6.45) is -3.23. The second-order valence-electron chi connectivity index (χ2n) is 3.64. The molecule has 0 saturated heterocycles. The molecule has 0 aliphatic heterocycles. The van der Waals surface area contributed by atoms with Crippen LogP contribution >= 0.6 is 30.8 Å². The van der Waals surface area contributed by atoms with Gasteiger partial charge in [0.05, 0.1) is 25.5 Å². The second kappa shape index (κ2) is 11.2. The highest BCUT2D eigenvalue weighted by Crippen LogP contribution is 2.30. The van der Waals surface area contributed by atoms with Gasteiger partial charge in [0.25, 0.3) is 0 Å². The molecule has 0 unspecified atom stereocenters. The zero-order valence-electron chi connectivity index (χ0n) is 12.3. The molecule has 0 spiro atoms. The first-order valence-electron chi connectivity index (χ1n) is 6.07. The van der Waals surface area contributed by atoms with Gasteiger partial charge in [-0.25, -0.2) is 34.6 Å². The molecule has 0 aromatic heterocycles. The highest BCUT2D eigenvalue weighted by atomic mass is 35.5. The minimum atomic E-state index is -4.30. The molecule has 14 heteroatoms. The van der Waals surface area contributed by atoms with Crippen molar-refractivity contribution in [3.05, 3.63) is 0 Å². The molecule has 1 atom stereocenters. The summed E-state index contributed by atoms with van der Waals surface area (Å²) in [6, 6.07) is -1.10. The van der Waals surface area contributed by atoms with E-state index in [1.807, 2.05) is 15.3 Å². The number of amides is 4. The number of halogens is 2. The third kappa shape index (κ3) is 9.34. The Morgan fingerprint density at radius 1 is 1.09 bits per heavy atom. The first-order valence-corrected chi connectivity index (χ1v) is 8.84. The Balaban J connectivity index is 4.95. The van der Waals surface area contributed by atoms with E-state index in [2.05, 4.69) is 9.57 Å². The van der Waals surface area contributed by atoms with E-state index in [1.54, 1.807) is 5.48 Å². The van der Waals surface area contributed by atoms with Crippen molar-refractivity contribution in [2.24, 2.45) is 0 Å². The van der Waals surface area contributed by atoms with Gasteiger partial charge in [-0.1, -0.05) is 0 Å². The molecule has 0 aliphatic carbocycles. The summed E-state index contributed by atoms with van der Waals surface area (Å²) in [5.74, 6) is -0.214. The number of carbonyl (C=O) groups is 3. The molecule has 0 fully saturated rings. The Labute approximate surface area is 142 Å². The molecule has 0 aliphatic rings. The van der Waals surface area contributed by atoms with Crippen LogP contribution in [0.1, 0.15) is 6.92 Å². The van der Waals surface area contributed by atoms with E-state index in [-0.39, 0.29) is 18.4 Å². The minimum Gasteiger partial charge on any atom is -0.450 e. The predicted octanol–water partition coefficient (Wildman–Crippen LogP) is 1.27. The lowest BCUT2D eigenvalue weighted by molar-refractivity contribution is 0.110. The first kappa shape index (κ1) is 21.6. The molecule has 4 amide bonds. The van der Waals surface area contributed by atoms with Crippen molar-refractivity contribution in [3.8, 4) is 0 Å². The van der Waals surface area contributed by atoms with Crippen molar-refractivity contribution < 1.29 is 33.3 Å². The van der Waals surface area contributed by atoms with E-state index in [0.717, 1.165) is 7.11 Å². The molecule has 4 N–H and O–H groups in total. The van der Waals surface area contributed by atoms with Crippen LogP contribution in [0.25, 0.3) is 0 Å². The highest BCUT2D eigenvalue weighted by Gasteiger charge is 2.31. The van der Waals surface area contributed by atoms with Crippen LogP contribution in [0.15, 0.2) is 0 Å². The van der Waals surface area contributed by atoms with E-state index in [0.29, 0.717) is 0 Å². The molecule has 0 rings (SSSR count). The van der Waals surface area contributed by atoms with Crippen molar-refractivity contribution in [2.45, 2.75) is 13.0 Å². The SMILES string of the molecule is CCOC(=O)N[P@@](=O)(NC(=O)NOC)NC(=O)OC(CCl)CCl. The normalized spacial score (nSPS) is 12.7. The lowest BCUT2D eigenvalue weighted by atomic mass is 10.5. The summed E-state index contributed by atoms with van der Waals surface area (Å²) in [5, 5.41) is 5.44. The van der Waals surface area contributed by atoms with Gasteiger partial charge in [0.2, 0.25) is 0 Å². The molecule has 0 bridgehead atoms. The van der Waals surface area contributed by atoms with Crippen molar-refractivity contribution in [1.29, 1.82) is 0 Å². The van der Waals surface area contributed by atoms with Crippen LogP contribution in [0.2, 0.25) is 0 Å². The molecule has 0 aromatic rings. The van der Waals surface area contributed by atoms with Gasteiger partial charge < -0.3 is 9.47 Å². The Morgan fingerprint density at radius 2 is 1.65 bits per heavy atom. The van der Waals surface area contributed by atoms with Crippen molar-refractivity contribution in [3.63, 3.8) is 0 Å². The van der Waals surface area contributed by atoms with Gasteiger partial charge in [-0.15, -0.1) is 23.2 Å². The average Bonchev–Trinajstić information content (AvgIpc) is 2.44. The van der Waals surface area contributed by atoms with Gasteiger partial charge in [0.15, 0.2) is 0 Å². The molecule has 0 saturated carbocycles. The molecular weight excluding hydrogens is 378 g/mol. The summed E-state index contributed by atoms with van der Waals surface area (Å²) >= 11 is 11.0. The third-order valence-corrected chi connectivity index (χ3v) is 4.05. The van der Waals surface area contributed by atoms with Crippen molar-refractivity contribution >= 4 is 49.0 Å². The van der Waals surface area contributed by atoms with Crippen LogP contribution in [0.3, 0.4) is 0 Å². The maximum atomic E-state index is 12.4. The lowest BCUT2D eigenvalue weighted by Gasteiger charge is -2.21. The maximum Gasteiger partial charge on any atom is 0.415 e. The maximum absolute atomic E-state index is 12.4. The molecule has 23 heavy (non-hydrogen) atoms. The average molecular weight is 395 g/mol. The topological polar surface area (TPSA) is 144 Å². The number of hydrogen-bond acceptors (Lipinski definition) is 7. The molecule has 0 radical (unpaired) electrons. The highest BCUT2D eigenvalue weighted by molar-refractivity contribution is 7.59. The van der Waals surface area contributed by atoms with Crippen LogP contribution in [0.4, 0.5) is 14.4 Å². The number of ether oxygens (including phenoxy) is 2. The molecule has 134 valence electrons. The zero-order chi connectivity index (χ0) is 17.9. The van der Waals surface area contributed by atoms with Crippen LogP contribution in [0, 0.1) is 0 Å². The number of urea groups is 1. The summed E-state index contributed by atoms with van der Waals surface area (Å²) in [5.41, 5.74) is 1.79. The lowest BCUT2D eigenvalue weighted by Crippen LogP contribution is -2.44. The molecular formula is C9H17Cl2N4O7P.